The van der Waals surface area contributed by atoms with Crippen LogP contribution in [0.3, 0.4) is 0 Å². The van der Waals surface area contributed by atoms with Crippen molar-refractivity contribution in [1.29, 1.82) is 0 Å². The minimum atomic E-state index is -5.27. The van der Waals surface area contributed by atoms with Crippen molar-refractivity contribution >= 4 is 22.8 Å². The van der Waals surface area contributed by atoms with E-state index in [4.69, 9.17) is 0 Å². The van der Waals surface area contributed by atoms with Gasteiger partial charge in [0.1, 0.15) is 0 Å². The van der Waals surface area contributed by atoms with E-state index in [1.54, 1.807) is 0 Å². The summed E-state index contributed by atoms with van der Waals surface area (Å²) in [6.45, 7) is 0. The Bertz CT molecular complexity index is 314. The topological polar surface area (TPSA) is 193 Å². The standard InChI is InChI=1S/C3H12NO9P3.2K/c5-14(6,7)1-4(2-15(8,9)10)3-16(11,12)13;;/h1-3H2,(H2,5,6,7)(H2,8,9,10)(H2,11,12,13);;/q;2*+1/p-6. The maximum atomic E-state index is 10.3. The van der Waals surface area contributed by atoms with E-state index in [1.165, 1.54) is 0 Å². The molecule has 0 aliphatic carbocycles. The smallest absolute Gasteiger partial charge is 0.810 e. The van der Waals surface area contributed by atoms with E-state index in [-0.39, 0.29) is 108 Å². The Morgan fingerprint density at radius 3 is 0.889 bits per heavy atom. The molecule has 0 aromatic carbocycles. The summed E-state index contributed by atoms with van der Waals surface area (Å²) in [5, 5.41) is 0. The van der Waals surface area contributed by atoms with E-state index >= 15 is 0 Å². The van der Waals surface area contributed by atoms with Gasteiger partial charge in [-0.2, -0.15) is 0 Å². The van der Waals surface area contributed by atoms with E-state index in [9.17, 15) is 43.1 Å². The zero-order valence-corrected chi connectivity index (χ0v) is 18.5. The van der Waals surface area contributed by atoms with Gasteiger partial charge < -0.3 is 43.1 Å². The second-order valence-corrected chi connectivity index (χ2v) is 7.44. The van der Waals surface area contributed by atoms with Crippen LogP contribution in [0.2, 0.25) is 0 Å². The summed E-state index contributed by atoms with van der Waals surface area (Å²) in [4.78, 5) is 61.5. The van der Waals surface area contributed by atoms with Gasteiger partial charge in [0.15, 0.2) is 0 Å². The molecule has 0 spiro atoms. The fourth-order valence-corrected chi connectivity index (χ4v) is 3.41. The second-order valence-electron chi connectivity index (χ2n) is 2.93. The molecule has 98 valence electrons. The van der Waals surface area contributed by atoms with Crippen LogP contribution in [0, 0.1) is 0 Å². The molecule has 0 bridgehead atoms. The summed E-state index contributed by atoms with van der Waals surface area (Å²) < 4.78 is 30.8. The fraction of sp³-hybridized carbons (Fsp3) is 1.00. The van der Waals surface area contributed by atoms with Gasteiger partial charge in [-0.05, 0) is 0 Å². The zero-order valence-electron chi connectivity index (χ0n) is 9.58. The zero-order chi connectivity index (χ0) is 13.2. The van der Waals surface area contributed by atoms with Crippen molar-refractivity contribution in [3.05, 3.63) is 0 Å². The molecule has 0 aliphatic rings. The normalized spacial score (nSPS) is 12.8. The molecule has 0 aromatic rings. The van der Waals surface area contributed by atoms with Gasteiger partial charge in [0.25, 0.3) is 0 Å². The van der Waals surface area contributed by atoms with Crippen LogP contribution in [0.5, 0.6) is 0 Å². The molecule has 0 aromatic heterocycles. The van der Waals surface area contributed by atoms with Crippen molar-refractivity contribution < 1.29 is 146 Å². The van der Waals surface area contributed by atoms with E-state index in [2.05, 4.69) is 0 Å². The fourth-order valence-electron chi connectivity index (χ4n) is 0.869. The molecule has 0 radical (unpaired) electrons. The number of nitrogens with zero attached hydrogens (tertiary/aromatic N) is 1. The molecule has 10 nitrogen and oxygen atoms in total. The molecule has 0 atom stereocenters. The molecule has 0 unspecified atom stereocenters. The van der Waals surface area contributed by atoms with Crippen molar-refractivity contribution in [2.75, 3.05) is 18.9 Å². The van der Waals surface area contributed by atoms with Crippen molar-refractivity contribution in [3.63, 3.8) is 0 Å². The average Bonchev–Trinajstić information content (AvgIpc) is 1.70. The van der Waals surface area contributed by atoms with Gasteiger partial charge in [-0.1, -0.05) is 22.8 Å². The Morgan fingerprint density at radius 1 is 0.611 bits per heavy atom. The summed E-state index contributed by atoms with van der Waals surface area (Å²) in [5.74, 6) is 0. The van der Waals surface area contributed by atoms with Crippen LogP contribution in [0.15, 0.2) is 0 Å². The van der Waals surface area contributed by atoms with Crippen LogP contribution in [-0.2, 0) is 13.7 Å². The van der Waals surface area contributed by atoms with Gasteiger partial charge in [-0.15, -0.1) is 0 Å². The first-order valence-corrected chi connectivity index (χ1v) is 8.72. The van der Waals surface area contributed by atoms with Gasteiger partial charge in [0.05, 0.1) is 0 Å². The molecule has 0 amide bonds. The summed E-state index contributed by atoms with van der Waals surface area (Å²) in [6.07, 6.45) is -4.55. The maximum absolute atomic E-state index is 10.3. The summed E-state index contributed by atoms with van der Waals surface area (Å²) in [7, 11) is -15.8. The molecule has 0 fully saturated rings. The molecule has 0 aliphatic heterocycles. The molecule has 18 heavy (non-hydrogen) atoms. The van der Waals surface area contributed by atoms with Gasteiger partial charge in [-0.25, -0.2) is 0 Å². The predicted octanol–water partition coefficient (Wildman–Crippen LogP) is -11.1. The first-order valence-electron chi connectivity index (χ1n) is 3.54. The van der Waals surface area contributed by atoms with Crippen LogP contribution in [0.25, 0.3) is 0 Å². The van der Waals surface area contributed by atoms with Crippen LogP contribution < -0.4 is 132 Å². The number of hydrogen-bond acceptors (Lipinski definition) is 10. The van der Waals surface area contributed by atoms with E-state index in [0.717, 1.165) is 0 Å². The summed E-state index contributed by atoms with van der Waals surface area (Å²) in [6, 6.07) is 0. The Kier molecular flexibility index (Phi) is 15.4. The van der Waals surface area contributed by atoms with Crippen LogP contribution in [-0.4, -0.2) is 23.8 Å². The van der Waals surface area contributed by atoms with Crippen molar-refractivity contribution in [3.8, 4) is 0 Å². The van der Waals surface area contributed by atoms with E-state index in [1.807, 2.05) is 0 Å². The average molecular weight is 371 g/mol. The monoisotopic (exact) mass is 371 g/mol. The van der Waals surface area contributed by atoms with E-state index < -0.39 is 41.6 Å². The predicted molar refractivity (Wildman–Crippen MR) is 39.3 cm³/mol. The molecule has 0 saturated heterocycles. The third kappa shape index (κ3) is 19.7. The third-order valence-corrected chi connectivity index (χ3v) is 3.36. The summed E-state index contributed by atoms with van der Waals surface area (Å²) in [5.41, 5.74) is 0. The molecule has 0 N–H and O–H groups in total. The molecular weight excluding hydrogens is 365 g/mol. The number of rotatable bonds is 6. The first kappa shape index (κ1) is 26.6. The quantitative estimate of drug-likeness (QED) is 0.319. The first-order chi connectivity index (χ1) is 6.79. The van der Waals surface area contributed by atoms with Crippen molar-refractivity contribution in [1.82, 2.24) is 4.90 Å². The SMILES string of the molecule is O=P([O-])([O-])CN(CP(=O)([O-])[O-])CP(=O)([O-])[O-].[K+].[K+]. The Morgan fingerprint density at radius 2 is 0.778 bits per heavy atom. The Hall–Kier alpha value is 3.68. The van der Waals surface area contributed by atoms with E-state index in [0.29, 0.717) is 0 Å². The van der Waals surface area contributed by atoms with Crippen LogP contribution in [0.4, 0.5) is 0 Å². The van der Waals surface area contributed by atoms with Crippen LogP contribution >= 0.6 is 22.8 Å². The Balaban J connectivity index is -0.00000112. The van der Waals surface area contributed by atoms with Crippen LogP contribution in [0.1, 0.15) is 0 Å². The van der Waals surface area contributed by atoms with Gasteiger partial charge in [-0.3, -0.25) is 4.90 Å². The molecule has 0 rings (SSSR count). The second kappa shape index (κ2) is 10.5. The minimum Gasteiger partial charge on any atom is -0.810 e. The van der Waals surface area contributed by atoms with Crippen molar-refractivity contribution in [2.45, 2.75) is 0 Å². The maximum Gasteiger partial charge on any atom is 1.00 e. The third-order valence-electron chi connectivity index (χ3n) is 1.12. The van der Waals surface area contributed by atoms with Gasteiger partial charge in [0, 0.05) is 18.9 Å². The molecule has 15 heteroatoms. The minimum absolute atomic E-state index is 0. The summed E-state index contributed by atoms with van der Waals surface area (Å²) >= 11 is 0. The number of hydrogen-bond donors (Lipinski definition) is 0. The molecular formula is C3H6K2NO9P3-4. The van der Waals surface area contributed by atoms with Gasteiger partial charge in [0.2, 0.25) is 0 Å². The van der Waals surface area contributed by atoms with Gasteiger partial charge >= 0.3 is 103 Å². The molecule has 0 heterocycles. The largest absolute Gasteiger partial charge is 1.00 e. The van der Waals surface area contributed by atoms with Crippen molar-refractivity contribution in [2.24, 2.45) is 0 Å². The molecule has 0 saturated carbocycles. The Labute approximate surface area is 188 Å².